The molecule has 1 aliphatic rings. The molecule has 0 aliphatic carbocycles. The number of rotatable bonds is 6. The van der Waals surface area contributed by atoms with E-state index < -0.39 is 0 Å². The van der Waals surface area contributed by atoms with Crippen molar-refractivity contribution in [1.29, 1.82) is 0 Å². The lowest BCUT2D eigenvalue weighted by atomic mass is 9.91. The highest BCUT2D eigenvalue weighted by molar-refractivity contribution is 5.22. The Hall–Kier alpha value is -0.970. The number of nitrogens with zero attached hydrogens (tertiary/aromatic N) is 1. The van der Waals surface area contributed by atoms with E-state index in [0.29, 0.717) is 5.92 Å². The second-order valence-electron chi connectivity index (χ2n) is 6.03. The fraction of sp³-hybridized carbons (Fsp3) is 0.647. The molecule has 2 rings (SSSR count). The zero-order valence-corrected chi connectivity index (χ0v) is 13.1. The quantitative estimate of drug-likeness (QED) is 0.876. The van der Waals surface area contributed by atoms with Crippen molar-refractivity contribution in [1.82, 2.24) is 4.90 Å². The van der Waals surface area contributed by atoms with Crippen LogP contribution in [0.4, 0.5) is 4.39 Å². The van der Waals surface area contributed by atoms with Crippen molar-refractivity contribution in [3.05, 3.63) is 35.6 Å². The molecule has 0 bridgehead atoms. The third kappa shape index (κ3) is 4.25. The molecule has 0 spiro atoms. The van der Waals surface area contributed by atoms with Crippen LogP contribution in [0, 0.1) is 11.7 Å². The van der Waals surface area contributed by atoms with E-state index in [4.69, 9.17) is 10.5 Å². The number of halogens is 1. The largest absolute Gasteiger partial charge is 0.384 e. The van der Waals surface area contributed by atoms with E-state index in [1.54, 1.807) is 19.2 Å². The number of hydrogen-bond acceptors (Lipinski definition) is 3. The van der Waals surface area contributed by atoms with Crippen LogP contribution >= 0.6 is 0 Å². The Morgan fingerprint density at radius 2 is 2.29 bits per heavy atom. The number of piperidine rings is 1. The first-order valence-electron chi connectivity index (χ1n) is 7.89. The van der Waals surface area contributed by atoms with Crippen molar-refractivity contribution in [3.8, 4) is 0 Å². The van der Waals surface area contributed by atoms with Crippen molar-refractivity contribution in [2.24, 2.45) is 11.7 Å². The van der Waals surface area contributed by atoms with Gasteiger partial charge in [-0.05, 0) is 49.4 Å². The highest BCUT2D eigenvalue weighted by Crippen LogP contribution is 2.30. The first kappa shape index (κ1) is 16.4. The van der Waals surface area contributed by atoms with Gasteiger partial charge in [-0.3, -0.25) is 4.90 Å². The summed E-state index contributed by atoms with van der Waals surface area (Å²) in [5.74, 6) is 0.357. The summed E-state index contributed by atoms with van der Waals surface area (Å²) < 4.78 is 18.9. The summed E-state index contributed by atoms with van der Waals surface area (Å²) in [5.41, 5.74) is 7.34. The lowest BCUT2D eigenvalue weighted by molar-refractivity contribution is 0.0596. The van der Waals surface area contributed by atoms with Gasteiger partial charge in [0.2, 0.25) is 0 Å². The van der Waals surface area contributed by atoms with E-state index in [-0.39, 0.29) is 17.9 Å². The molecular formula is C17H27FN2O. The topological polar surface area (TPSA) is 38.5 Å². The van der Waals surface area contributed by atoms with Gasteiger partial charge in [-0.15, -0.1) is 0 Å². The van der Waals surface area contributed by atoms with E-state index in [9.17, 15) is 4.39 Å². The summed E-state index contributed by atoms with van der Waals surface area (Å²) >= 11 is 0. The Bertz CT molecular complexity index is 439. The van der Waals surface area contributed by atoms with Crippen LogP contribution in [0.15, 0.2) is 24.3 Å². The van der Waals surface area contributed by atoms with E-state index in [1.807, 2.05) is 6.07 Å². The van der Waals surface area contributed by atoms with Gasteiger partial charge in [-0.25, -0.2) is 4.39 Å². The molecular weight excluding hydrogens is 267 g/mol. The summed E-state index contributed by atoms with van der Waals surface area (Å²) in [6.45, 7) is 4.87. The Morgan fingerprint density at radius 3 is 2.95 bits per heavy atom. The van der Waals surface area contributed by atoms with Crippen LogP contribution in [0.3, 0.4) is 0 Å². The van der Waals surface area contributed by atoms with Gasteiger partial charge in [-0.1, -0.05) is 19.1 Å². The van der Waals surface area contributed by atoms with Gasteiger partial charge >= 0.3 is 0 Å². The predicted molar refractivity (Wildman–Crippen MR) is 83.6 cm³/mol. The van der Waals surface area contributed by atoms with Crippen molar-refractivity contribution in [3.63, 3.8) is 0 Å². The van der Waals surface area contributed by atoms with Gasteiger partial charge in [0, 0.05) is 25.7 Å². The highest BCUT2D eigenvalue weighted by atomic mass is 19.1. The fourth-order valence-corrected chi connectivity index (χ4v) is 3.36. The van der Waals surface area contributed by atoms with Crippen LogP contribution in [-0.4, -0.2) is 37.7 Å². The van der Waals surface area contributed by atoms with Gasteiger partial charge in [0.15, 0.2) is 0 Å². The molecule has 0 aromatic heterocycles. The fourth-order valence-electron chi connectivity index (χ4n) is 3.36. The van der Waals surface area contributed by atoms with Crippen LogP contribution in [0.2, 0.25) is 0 Å². The third-order valence-electron chi connectivity index (χ3n) is 4.41. The lowest BCUT2D eigenvalue weighted by Crippen LogP contribution is -2.46. The summed E-state index contributed by atoms with van der Waals surface area (Å²) in [6, 6.07) is 6.99. The van der Waals surface area contributed by atoms with E-state index in [2.05, 4.69) is 11.8 Å². The maximum atomic E-state index is 13.6. The average Bonchev–Trinajstić information content (AvgIpc) is 2.48. The first-order valence-corrected chi connectivity index (χ1v) is 7.89. The Labute approximate surface area is 127 Å². The molecule has 3 nitrogen and oxygen atoms in total. The number of likely N-dealkylation sites (tertiary alicyclic amines) is 1. The molecule has 3 unspecified atom stereocenters. The highest BCUT2D eigenvalue weighted by Gasteiger charge is 2.30. The zero-order valence-electron chi connectivity index (χ0n) is 13.1. The minimum atomic E-state index is -0.189. The van der Waals surface area contributed by atoms with E-state index in [0.717, 1.165) is 38.1 Å². The molecule has 21 heavy (non-hydrogen) atoms. The number of methoxy groups -OCH3 is 1. The van der Waals surface area contributed by atoms with Gasteiger partial charge < -0.3 is 10.5 Å². The molecule has 1 aromatic rings. The second kappa shape index (κ2) is 7.87. The predicted octanol–water partition coefficient (Wildman–Crippen LogP) is 2.96. The summed E-state index contributed by atoms with van der Waals surface area (Å²) in [4.78, 5) is 2.41. The van der Waals surface area contributed by atoms with Crippen LogP contribution in [0.25, 0.3) is 0 Å². The number of nitrogens with two attached hydrogens (primary N) is 1. The smallest absolute Gasteiger partial charge is 0.123 e. The molecule has 1 aliphatic heterocycles. The molecule has 4 heteroatoms. The van der Waals surface area contributed by atoms with E-state index in [1.165, 1.54) is 12.5 Å². The van der Waals surface area contributed by atoms with Gasteiger partial charge in [0.05, 0.1) is 6.61 Å². The molecule has 1 fully saturated rings. The first-order chi connectivity index (χ1) is 10.2. The average molecular weight is 294 g/mol. The lowest BCUT2D eigenvalue weighted by Gasteiger charge is -2.40. The van der Waals surface area contributed by atoms with Crippen LogP contribution < -0.4 is 5.73 Å². The van der Waals surface area contributed by atoms with Crippen LogP contribution in [0.1, 0.15) is 37.8 Å². The molecule has 2 N–H and O–H groups in total. The zero-order chi connectivity index (χ0) is 15.2. The van der Waals surface area contributed by atoms with Crippen LogP contribution in [-0.2, 0) is 4.74 Å². The monoisotopic (exact) mass is 294 g/mol. The van der Waals surface area contributed by atoms with E-state index >= 15 is 0 Å². The Morgan fingerprint density at radius 1 is 1.48 bits per heavy atom. The minimum absolute atomic E-state index is 0.0214. The van der Waals surface area contributed by atoms with Gasteiger partial charge in [0.1, 0.15) is 5.82 Å². The SMILES string of the molecule is CCC(N)C(c1cccc(F)c1)N1CCCC(COC)C1. The molecule has 1 aromatic carbocycles. The Kier molecular flexibility index (Phi) is 6.15. The third-order valence-corrected chi connectivity index (χ3v) is 4.41. The standard InChI is InChI=1S/C17H27FN2O/c1-3-16(19)17(14-7-4-8-15(18)10-14)20-9-5-6-13(11-20)12-21-2/h4,7-8,10,13,16-17H,3,5-6,9,11-12,19H2,1-2H3. The summed E-state index contributed by atoms with van der Waals surface area (Å²) in [5, 5.41) is 0. The molecule has 0 radical (unpaired) electrons. The number of ether oxygens (including phenoxy) is 1. The normalized spacial score (nSPS) is 23.0. The molecule has 3 atom stereocenters. The van der Waals surface area contributed by atoms with Gasteiger partial charge in [0.25, 0.3) is 0 Å². The van der Waals surface area contributed by atoms with Gasteiger partial charge in [-0.2, -0.15) is 0 Å². The summed E-state index contributed by atoms with van der Waals surface area (Å²) in [6.07, 6.45) is 3.23. The number of benzene rings is 1. The van der Waals surface area contributed by atoms with Crippen molar-refractivity contribution in [2.75, 3.05) is 26.8 Å². The molecule has 118 valence electrons. The van der Waals surface area contributed by atoms with Crippen molar-refractivity contribution >= 4 is 0 Å². The number of hydrogen-bond donors (Lipinski definition) is 1. The maximum absolute atomic E-state index is 13.6. The second-order valence-corrected chi connectivity index (χ2v) is 6.03. The molecule has 1 heterocycles. The molecule has 0 amide bonds. The minimum Gasteiger partial charge on any atom is -0.384 e. The molecule has 1 saturated heterocycles. The molecule has 0 saturated carbocycles. The maximum Gasteiger partial charge on any atom is 0.123 e. The van der Waals surface area contributed by atoms with Crippen molar-refractivity contribution in [2.45, 2.75) is 38.3 Å². The Balaban J connectivity index is 2.19. The summed E-state index contributed by atoms with van der Waals surface area (Å²) in [7, 11) is 1.75. The van der Waals surface area contributed by atoms with Crippen molar-refractivity contribution < 1.29 is 9.13 Å². The van der Waals surface area contributed by atoms with Crippen LogP contribution in [0.5, 0.6) is 0 Å².